The molecule has 3 nitrogen and oxygen atoms in total. The first-order valence-corrected chi connectivity index (χ1v) is 6.54. The van der Waals surface area contributed by atoms with Crippen molar-refractivity contribution < 1.29 is 9.53 Å². The summed E-state index contributed by atoms with van der Waals surface area (Å²) < 4.78 is 5.11. The molecule has 1 saturated carbocycles. The lowest BCUT2D eigenvalue weighted by Crippen LogP contribution is -2.48. The minimum atomic E-state index is -0.278. The van der Waals surface area contributed by atoms with Crippen LogP contribution in [0.25, 0.3) is 0 Å². The molecule has 3 unspecified atom stereocenters. The molecule has 92 valence electrons. The van der Waals surface area contributed by atoms with Crippen molar-refractivity contribution >= 4 is 5.91 Å². The predicted octanol–water partition coefficient (Wildman–Crippen LogP) is 2.06. The van der Waals surface area contributed by atoms with Crippen LogP contribution in [0.3, 0.4) is 0 Å². The molecule has 1 saturated heterocycles. The Labute approximate surface area is 98.1 Å². The molecule has 3 atom stereocenters. The largest absolute Gasteiger partial charge is 0.372 e. The summed E-state index contributed by atoms with van der Waals surface area (Å²) in [6, 6.07) is 0. The Morgan fingerprint density at radius 3 is 2.62 bits per heavy atom. The molecule has 0 aromatic rings. The van der Waals surface area contributed by atoms with Crippen molar-refractivity contribution in [1.29, 1.82) is 0 Å². The van der Waals surface area contributed by atoms with Crippen molar-refractivity contribution in [3.8, 4) is 0 Å². The summed E-state index contributed by atoms with van der Waals surface area (Å²) in [5.41, 5.74) is 0. The third kappa shape index (κ3) is 2.40. The number of methoxy groups -OCH3 is 1. The first-order chi connectivity index (χ1) is 7.72. The maximum Gasteiger partial charge on any atom is 0.251 e. The summed E-state index contributed by atoms with van der Waals surface area (Å²) >= 11 is 0. The van der Waals surface area contributed by atoms with Gasteiger partial charge in [-0.25, -0.2) is 0 Å². The molecule has 2 rings (SSSR count). The second kappa shape index (κ2) is 5.17. The van der Waals surface area contributed by atoms with Gasteiger partial charge in [-0.15, -0.1) is 0 Å². The highest BCUT2D eigenvalue weighted by molar-refractivity contribution is 5.80. The van der Waals surface area contributed by atoms with Gasteiger partial charge in [-0.2, -0.15) is 0 Å². The minimum Gasteiger partial charge on any atom is -0.372 e. The Bertz CT molecular complexity index is 254. The van der Waals surface area contributed by atoms with Gasteiger partial charge < -0.3 is 9.64 Å². The SMILES string of the molecule is COC(C)C(=O)N1CCC2CCCCC2C1. The zero-order valence-electron chi connectivity index (χ0n) is 10.4. The topological polar surface area (TPSA) is 29.5 Å². The van der Waals surface area contributed by atoms with E-state index in [9.17, 15) is 4.79 Å². The number of hydrogen-bond acceptors (Lipinski definition) is 2. The van der Waals surface area contributed by atoms with Crippen LogP contribution in [0.15, 0.2) is 0 Å². The monoisotopic (exact) mass is 225 g/mol. The third-order valence-corrected chi connectivity index (χ3v) is 4.30. The predicted molar refractivity (Wildman–Crippen MR) is 63.1 cm³/mol. The molecular formula is C13H23NO2. The molecule has 1 amide bonds. The molecule has 0 bridgehead atoms. The molecular weight excluding hydrogens is 202 g/mol. The molecule has 1 aliphatic heterocycles. The molecule has 3 heteroatoms. The Morgan fingerprint density at radius 2 is 1.94 bits per heavy atom. The average Bonchev–Trinajstić information content (AvgIpc) is 2.36. The number of carbonyl (C=O) groups is 1. The summed E-state index contributed by atoms with van der Waals surface area (Å²) in [4.78, 5) is 14.0. The number of fused-ring (bicyclic) bond motifs is 1. The molecule has 2 aliphatic rings. The lowest BCUT2D eigenvalue weighted by molar-refractivity contribution is -0.144. The van der Waals surface area contributed by atoms with E-state index in [1.54, 1.807) is 7.11 Å². The fourth-order valence-electron chi connectivity index (χ4n) is 3.16. The third-order valence-electron chi connectivity index (χ3n) is 4.30. The molecule has 2 fully saturated rings. The van der Waals surface area contributed by atoms with Crippen LogP contribution in [0.5, 0.6) is 0 Å². The van der Waals surface area contributed by atoms with E-state index in [4.69, 9.17) is 4.74 Å². The van der Waals surface area contributed by atoms with Gasteiger partial charge in [0.25, 0.3) is 5.91 Å². The molecule has 1 heterocycles. The van der Waals surface area contributed by atoms with Gasteiger partial charge in [0.05, 0.1) is 0 Å². The minimum absolute atomic E-state index is 0.173. The van der Waals surface area contributed by atoms with Gasteiger partial charge in [0.1, 0.15) is 6.10 Å². The van der Waals surface area contributed by atoms with Crippen LogP contribution in [0, 0.1) is 11.8 Å². The maximum atomic E-state index is 12.0. The Morgan fingerprint density at radius 1 is 1.25 bits per heavy atom. The normalized spacial score (nSPS) is 32.0. The molecule has 16 heavy (non-hydrogen) atoms. The van der Waals surface area contributed by atoms with Gasteiger partial charge in [-0.3, -0.25) is 4.79 Å². The second-order valence-electron chi connectivity index (χ2n) is 5.26. The summed E-state index contributed by atoms with van der Waals surface area (Å²) in [6.07, 6.45) is 6.36. The fraction of sp³-hybridized carbons (Fsp3) is 0.923. The van der Waals surface area contributed by atoms with Crippen molar-refractivity contribution in [3.63, 3.8) is 0 Å². The molecule has 0 aromatic heterocycles. The number of rotatable bonds is 2. The van der Waals surface area contributed by atoms with Crippen molar-refractivity contribution in [3.05, 3.63) is 0 Å². The smallest absolute Gasteiger partial charge is 0.251 e. The zero-order chi connectivity index (χ0) is 11.5. The standard InChI is InChI=1S/C13H23NO2/c1-10(16-2)13(15)14-8-7-11-5-3-4-6-12(11)9-14/h10-12H,3-9H2,1-2H3. The van der Waals surface area contributed by atoms with Gasteiger partial charge >= 0.3 is 0 Å². The van der Waals surface area contributed by atoms with E-state index in [-0.39, 0.29) is 12.0 Å². The first-order valence-electron chi connectivity index (χ1n) is 6.54. The quantitative estimate of drug-likeness (QED) is 0.720. The van der Waals surface area contributed by atoms with Crippen LogP contribution in [0.4, 0.5) is 0 Å². The molecule has 0 aromatic carbocycles. The van der Waals surface area contributed by atoms with E-state index in [0.717, 1.165) is 24.9 Å². The summed E-state index contributed by atoms with van der Waals surface area (Å²) in [5, 5.41) is 0. The highest BCUT2D eigenvalue weighted by Crippen LogP contribution is 2.36. The van der Waals surface area contributed by atoms with Crippen LogP contribution in [-0.4, -0.2) is 37.1 Å². The Balaban J connectivity index is 1.92. The number of piperidine rings is 1. The summed E-state index contributed by atoms with van der Waals surface area (Å²) in [6.45, 7) is 3.75. The second-order valence-corrected chi connectivity index (χ2v) is 5.26. The number of likely N-dealkylation sites (tertiary alicyclic amines) is 1. The van der Waals surface area contributed by atoms with Gasteiger partial charge in [-0.1, -0.05) is 19.3 Å². The van der Waals surface area contributed by atoms with E-state index in [2.05, 4.69) is 0 Å². The summed E-state index contributed by atoms with van der Waals surface area (Å²) in [7, 11) is 1.61. The molecule has 1 aliphatic carbocycles. The highest BCUT2D eigenvalue weighted by atomic mass is 16.5. The Hall–Kier alpha value is -0.570. The van der Waals surface area contributed by atoms with Crippen LogP contribution in [0.1, 0.15) is 39.0 Å². The lowest BCUT2D eigenvalue weighted by atomic mass is 9.75. The van der Waals surface area contributed by atoms with Gasteiger partial charge in [0, 0.05) is 20.2 Å². The van der Waals surface area contributed by atoms with Crippen molar-refractivity contribution in [1.82, 2.24) is 4.90 Å². The lowest BCUT2D eigenvalue weighted by Gasteiger charge is -2.41. The summed E-state index contributed by atoms with van der Waals surface area (Å²) in [5.74, 6) is 1.82. The number of nitrogens with zero attached hydrogens (tertiary/aromatic N) is 1. The van der Waals surface area contributed by atoms with Crippen molar-refractivity contribution in [2.24, 2.45) is 11.8 Å². The fourth-order valence-corrected chi connectivity index (χ4v) is 3.16. The molecule has 0 spiro atoms. The first kappa shape index (κ1) is 11.9. The maximum absolute atomic E-state index is 12.0. The number of ether oxygens (including phenoxy) is 1. The van der Waals surface area contributed by atoms with Gasteiger partial charge in [0.2, 0.25) is 0 Å². The van der Waals surface area contributed by atoms with Crippen molar-refractivity contribution in [2.75, 3.05) is 20.2 Å². The van der Waals surface area contributed by atoms with E-state index >= 15 is 0 Å². The average molecular weight is 225 g/mol. The van der Waals surface area contributed by atoms with E-state index in [0.29, 0.717) is 0 Å². The van der Waals surface area contributed by atoms with Crippen LogP contribution in [-0.2, 0) is 9.53 Å². The Kier molecular flexibility index (Phi) is 3.85. The van der Waals surface area contributed by atoms with E-state index in [1.165, 1.54) is 32.1 Å². The van der Waals surface area contributed by atoms with Gasteiger partial charge in [0.15, 0.2) is 0 Å². The number of hydrogen-bond donors (Lipinski definition) is 0. The van der Waals surface area contributed by atoms with Crippen LogP contribution < -0.4 is 0 Å². The van der Waals surface area contributed by atoms with Gasteiger partial charge in [-0.05, 0) is 31.6 Å². The number of amides is 1. The van der Waals surface area contributed by atoms with Crippen molar-refractivity contribution in [2.45, 2.75) is 45.1 Å². The van der Waals surface area contributed by atoms with Crippen LogP contribution >= 0.6 is 0 Å². The van der Waals surface area contributed by atoms with E-state index in [1.807, 2.05) is 11.8 Å². The number of carbonyl (C=O) groups excluding carboxylic acids is 1. The highest BCUT2D eigenvalue weighted by Gasteiger charge is 2.33. The molecule has 0 radical (unpaired) electrons. The zero-order valence-corrected chi connectivity index (χ0v) is 10.4. The molecule has 0 N–H and O–H groups in total. The van der Waals surface area contributed by atoms with E-state index < -0.39 is 0 Å². The van der Waals surface area contributed by atoms with Crippen LogP contribution in [0.2, 0.25) is 0 Å².